The third-order valence-corrected chi connectivity index (χ3v) is 4.31. The Morgan fingerprint density at radius 2 is 2.26 bits per heavy atom. The highest BCUT2D eigenvalue weighted by molar-refractivity contribution is 5.87. The van der Waals surface area contributed by atoms with E-state index in [0.717, 1.165) is 45.4 Å². The molecule has 2 heterocycles. The third-order valence-electron chi connectivity index (χ3n) is 4.31. The summed E-state index contributed by atoms with van der Waals surface area (Å²) in [5, 5.41) is 2.81. The number of nitrogens with one attached hydrogen (secondary N) is 1. The minimum absolute atomic E-state index is 0.0448. The summed E-state index contributed by atoms with van der Waals surface area (Å²) in [5.41, 5.74) is 0. The zero-order valence-electron chi connectivity index (χ0n) is 13.9. The van der Waals surface area contributed by atoms with Crippen molar-refractivity contribution in [1.29, 1.82) is 0 Å². The molecule has 2 fully saturated rings. The van der Waals surface area contributed by atoms with Crippen LogP contribution in [0.1, 0.15) is 38.5 Å². The van der Waals surface area contributed by atoms with E-state index in [1.807, 2.05) is 0 Å². The second kappa shape index (κ2) is 9.85. The van der Waals surface area contributed by atoms with Crippen LogP contribution in [0.4, 0.5) is 0 Å². The van der Waals surface area contributed by atoms with Crippen LogP contribution in [-0.4, -0.2) is 69.1 Å². The first-order valence-electron chi connectivity index (χ1n) is 8.52. The van der Waals surface area contributed by atoms with Crippen LogP contribution < -0.4 is 5.32 Å². The highest BCUT2D eigenvalue weighted by atomic mass is 16.7. The Morgan fingerprint density at radius 3 is 3.00 bits per heavy atom. The number of piperazine rings is 1. The maximum absolute atomic E-state index is 11.9. The maximum Gasteiger partial charge on any atom is 0.307 e. The number of unbranched alkanes of at least 4 members (excludes halogenated alkanes) is 1. The third kappa shape index (κ3) is 6.08. The summed E-state index contributed by atoms with van der Waals surface area (Å²) in [7, 11) is 1.35. The van der Waals surface area contributed by atoms with E-state index >= 15 is 0 Å². The molecule has 0 aromatic heterocycles. The van der Waals surface area contributed by atoms with E-state index in [1.54, 1.807) is 0 Å². The lowest BCUT2D eigenvalue weighted by Crippen LogP contribution is -2.56. The fraction of sp³-hybridized carbons (Fsp3) is 0.875. The first-order valence-corrected chi connectivity index (χ1v) is 8.52. The largest absolute Gasteiger partial charge is 0.469 e. The van der Waals surface area contributed by atoms with Gasteiger partial charge in [-0.05, 0) is 38.6 Å². The molecule has 0 aromatic rings. The van der Waals surface area contributed by atoms with Gasteiger partial charge in [-0.15, -0.1) is 0 Å². The van der Waals surface area contributed by atoms with E-state index in [-0.39, 0.29) is 24.6 Å². The molecule has 0 aromatic carbocycles. The summed E-state index contributed by atoms with van der Waals surface area (Å²) in [6.45, 7) is 3.64. The van der Waals surface area contributed by atoms with Crippen LogP contribution in [0.5, 0.6) is 0 Å². The van der Waals surface area contributed by atoms with Gasteiger partial charge < -0.3 is 19.5 Å². The van der Waals surface area contributed by atoms with Crippen molar-refractivity contribution in [3.05, 3.63) is 0 Å². The number of hydrogen-bond acceptors (Lipinski definition) is 6. The number of carbonyl (C=O) groups excluding carboxylic acids is 2. The maximum atomic E-state index is 11.9. The SMILES string of the molecule is COC(=O)C[C@H]1C(=O)NCCN1CCCCOC1CCCCO1. The van der Waals surface area contributed by atoms with Gasteiger partial charge in [0, 0.05) is 26.3 Å². The number of amides is 1. The van der Waals surface area contributed by atoms with E-state index in [9.17, 15) is 9.59 Å². The molecule has 2 aliphatic rings. The van der Waals surface area contributed by atoms with Gasteiger partial charge in [-0.2, -0.15) is 0 Å². The number of carbonyl (C=O) groups is 2. The molecular weight excluding hydrogens is 300 g/mol. The lowest BCUT2D eigenvalue weighted by Gasteiger charge is -2.34. The van der Waals surface area contributed by atoms with E-state index in [1.165, 1.54) is 13.5 Å². The van der Waals surface area contributed by atoms with Gasteiger partial charge >= 0.3 is 5.97 Å². The minimum Gasteiger partial charge on any atom is -0.469 e. The fourth-order valence-corrected chi connectivity index (χ4v) is 2.97. The quantitative estimate of drug-likeness (QED) is 0.521. The Morgan fingerprint density at radius 1 is 1.39 bits per heavy atom. The van der Waals surface area contributed by atoms with Crippen LogP contribution in [0.25, 0.3) is 0 Å². The number of hydrogen-bond donors (Lipinski definition) is 1. The summed E-state index contributed by atoms with van der Waals surface area (Å²) in [4.78, 5) is 25.5. The number of methoxy groups -OCH3 is 1. The molecule has 23 heavy (non-hydrogen) atoms. The van der Waals surface area contributed by atoms with Crippen molar-refractivity contribution in [2.45, 2.75) is 50.9 Å². The average molecular weight is 328 g/mol. The summed E-state index contributed by atoms with van der Waals surface area (Å²) in [6.07, 6.45) is 5.18. The molecule has 0 radical (unpaired) electrons. The second-order valence-corrected chi connectivity index (χ2v) is 6.00. The standard InChI is InChI=1S/C16H28N2O5/c1-21-14(19)12-13-16(20)17-7-9-18(13)8-3-5-11-23-15-6-2-4-10-22-15/h13,15H,2-12H2,1H3,(H,17,20)/t13-,15?/m0/s1. The second-order valence-electron chi connectivity index (χ2n) is 6.00. The molecule has 2 saturated heterocycles. The first-order chi connectivity index (χ1) is 11.2. The van der Waals surface area contributed by atoms with Crippen LogP contribution in [-0.2, 0) is 23.8 Å². The minimum atomic E-state index is -0.418. The highest BCUT2D eigenvalue weighted by Crippen LogP contribution is 2.15. The molecule has 2 atom stereocenters. The van der Waals surface area contributed by atoms with Crippen LogP contribution in [0.3, 0.4) is 0 Å². The van der Waals surface area contributed by atoms with Crippen LogP contribution in [0.2, 0.25) is 0 Å². The molecule has 0 aliphatic carbocycles. The van der Waals surface area contributed by atoms with E-state index < -0.39 is 6.04 Å². The number of rotatable bonds is 8. The summed E-state index contributed by atoms with van der Waals surface area (Å²) in [6, 6.07) is -0.418. The molecule has 0 bridgehead atoms. The summed E-state index contributed by atoms with van der Waals surface area (Å²) >= 11 is 0. The van der Waals surface area contributed by atoms with Crippen molar-refractivity contribution in [3.63, 3.8) is 0 Å². The molecular formula is C16H28N2O5. The molecule has 2 rings (SSSR count). The Labute approximate surface area is 137 Å². The van der Waals surface area contributed by atoms with Crippen LogP contribution in [0, 0.1) is 0 Å². The highest BCUT2D eigenvalue weighted by Gasteiger charge is 2.31. The molecule has 1 N–H and O–H groups in total. The van der Waals surface area contributed by atoms with E-state index in [0.29, 0.717) is 13.2 Å². The van der Waals surface area contributed by atoms with Crippen molar-refractivity contribution in [2.24, 2.45) is 0 Å². The van der Waals surface area contributed by atoms with Gasteiger partial charge in [0.15, 0.2) is 6.29 Å². The molecule has 2 aliphatic heterocycles. The number of esters is 1. The predicted molar refractivity (Wildman–Crippen MR) is 83.8 cm³/mol. The topological polar surface area (TPSA) is 77.1 Å². The smallest absolute Gasteiger partial charge is 0.307 e. The van der Waals surface area contributed by atoms with Crippen molar-refractivity contribution in [3.8, 4) is 0 Å². The number of nitrogens with zero attached hydrogens (tertiary/aromatic N) is 1. The Kier molecular flexibility index (Phi) is 7.78. The monoisotopic (exact) mass is 328 g/mol. The lowest BCUT2D eigenvalue weighted by atomic mass is 10.1. The Hall–Kier alpha value is -1.18. The molecule has 1 unspecified atom stereocenters. The van der Waals surface area contributed by atoms with Gasteiger partial charge in [0.25, 0.3) is 0 Å². The van der Waals surface area contributed by atoms with Crippen molar-refractivity contribution in [2.75, 3.05) is 40.0 Å². The fourth-order valence-electron chi connectivity index (χ4n) is 2.97. The predicted octanol–water partition coefficient (Wildman–Crippen LogP) is 0.673. The molecule has 132 valence electrons. The molecule has 7 nitrogen and oxygen atoms in total. The molecule has 7 heteroatoms. The Balaban J connectivity index is 1.65. The van der Waals surface area contributed by atoms with E-state index in [2.05, 4.69) is 15.0 Å². The number of ether oxygens (including phenoxy) is 3. The van der Waals surface area contributed by atoms with Crippen molar-refractivity contribution in [1.82, 2.24) is 10.2 Å². The molecule has 0 saturated carbocycles. The molecule has 1 amide bonds. The summed E-state index contributed by atoms with van der Waals surface area (Å²) < 4.78 is 15.9. The first kappa shape index (κ1) is 18.2. The van der Waals surface area contributed by atoms with Gasteiger partial charge in [-0.1, -0.05) is 0 Å². The summed E-state index contributed by atoms with van der Waals surface area (Å²) in [5.74, 6) is -0.441. The zero-order valence-corrected chi connectivity index (χ0v) is 13.9. The average Bonchev–Trinajstić information content (AvgIpc) is 2.58. The normalized spacial score (nSPS) is 25.9. The van der Waals surface area contributed by atoms with Crippen LogP contribution >= 0.6 is 0 Å². The lowest BCUT2D eigenvalue weighted by molar-refractivity contribution is -0.163. The Bertz CT molecular complexity index is 385. The van der Waals surface area contributed by atoms with Gasteiger partial charge in [0.1, 0.15) is 0 Å². The van der Waals surface area contributed by atoms with E-state index in [4.69, 9.17) is 9.47 Å². The van der Waals surface area contributed by atoms with Crippen LogP contribution in [0.15, 0.2) is 0 Å². The zero-order chi connectivity index (χ0) is 16.5. The molecule has 0 spiro atoms. The van der Waals surface area contributed by atoms with Gasteiger partial charge in [-0.25, -0.2) is 0 Å². The van der Waals surface area contributed by atoms with Crippen molar-refractivity contribution >= 4 is 11.9 Å². The van der Waals surface area contributed by atoms with Gasteiger partial charge in [-0.3, -0.25) is 14.5 Å². The van der Waals surface area contributed by atoms with Crippen molar-refractivity contribution < 1.29 is 23.8 Å². The van der Waals surface area contributed by atoms with Gasteiger partial charge in [0.2, 0.25) is 5.91 Å². The van der Waals surface area contributed by atoms with Gasteiger partial charge in [0.05, 0.1) is 19.6 Å².